The molecule has 0 aromatic heterocycles. The number of nitrogens with one attached hydrogen (secondary N) is 2. The Morgan fingerprint density at radius 3 is 2.57 bits per heavy atom. The van der Waals surface area contributed by atoms with Gasteiger partial charge in [0.1, 0.15) is 5.75 Å². The number of ether oxygens (including phenoxy) is 1. The van der Waals surface area contributed by atoms with Gasteiger partial charge < -0.3 is 15.0 Å². The molecule has 1 heterocycles. The zero-order valence-electron chi connectivity index (χ0n) is 12.9. The Morgan fingerprint density at radius 2 is 2.00 bits per heavy atom. The zero-order chi connectivity index (χ0) is 15.1. The van der Waals surface area contributed by atoms with E-state index in [1.807, 2.05) is 24.3 Å². The first kappa shape index (κ1) is 16.2. The topological polar surface area (TPSA) is 42.8 Å². The summed E-state index contributed by atoms with van der Waals surface area (Å²) in [5.41, 5.74) is 0. The van der Waals surface area contributed by atoms with Gasteiger partial charge in [0, 0.05) is 23.8 Å². The van der Waals surface area contributed by atoms with Crippen molar-refractivity contribution in [3.63, 3.8) is 0 Å². The first-order valence-electron chi connectivity index (χ1n) is 7.61. The number of benzene rings is 1. The first-order valence-corrected chi connectivity index (χ1v) is 8.59. The lowest BCUT2D eigenvalue weighted by atomic mass is 10.1. The third-order valence-corrected chi connectivity index (χ3v) is 5.00. The number of amides is 1. The monoisotopic (exact) mass is 309 g/mol. The van der Waals surface area contributed by atoms with Gasteiger partial charge in [-0.2, -0.15) is 0 Å². The van der Waals surface area contributed by atoms with Crippen molar-refractivity contribution < 1.29 is 14.4 Å². The summed E-state index contributed by atoms with van der Waals surface area (Å²) >= 11 is 1.57. The molecule has 0 bridgehead atoms. The molecule has 2 N–H and O–H groups in total. The quantitative estimate of drug-likeness (QED) is 0.770. The number of carbonyl (C=O) groups excluding carboxylic acids is 1. The standard InChI is InChI=1S/C16H24N2O2S/c1-3-18-10-8-13(9-11-18)17-16(19)12-21-15-6-4-14(20-2)5-7-15/h4-7,13H,3,8-12H2,1-2H3,(H,17,19)/p+1. The highest BCUT2D eigenvalue weighted by molar-refractivity contribution is 8.00. The molecule has 0 aliphatic carbocycles. The van der Waals surface area contributed by atoms with Gasteiger partial charge in [-0.25, -0.2) is 0 Å². The molecule has 1 aliphatic heterocycles. The number of methoxy groups -OCH3 is 1. The normalized spacial score (nSPS) is 21.8. The molecule has 116 valence electrons. The lowest BCUT2D eigenvalue weighted by molar-refractivity contribution is -0.903. The van der Waals surface area contributed by atoms with Crippen molar-refractivity contribution in [2.45, 2.75) is 30.7 Å². The van der Waals surface area contributed by atoms with Crippen LogP contribution in [0.4, 0.5) is 0 Å². The van der Waals surface area contributed by atoms with E-state index in [2.05, 4.69) is 12.2 Å². The Balaban J connectivity index is 1.69. The van der Waals surface area contributed by atoms with E-state index >= 15 is 0 Å². The third kappa shape index (κ3) is 5.25. The van der Waals surface area contributed by atoms with Gasteiger partial charge in [-0.1, -0.05) is 0 Å². The van der Waals surface area contributed by atoms with Crippen molar-refractivity contribution in [2.75, 3.05) is 32.5 Å². The number of carbonyl (C=O) groups is 1. The smallest absolute Gasteiger partial charge is 0.230 e. The lowest BCUT2D eigenvalue weighted by Crippen LogP contribution is -3.13. The summed E-state index contributed by atoms with van der Waals surface area (Å²) in [6.45, 7) is 5.76. The van der Waals surface area contributed by atoms with E-state index < -0.39 is 0 Å². The highest BCUT2D eigenvalue weighted by Gasteiger charge is 2.21. The molecule has 4 nitrogen and oxygen atoms in total. The molecule has 1 amide bonds. The van der Waals surface area contributed by atoms with Gasteiger partial charge >= 0.3 is 0 Å². The van der Waals surface area contributed by atoms with Crippen LogP contribution in [0.25, 0.3) is 0 Å². The maximum absolute atomic E-state index is 12.0. The molecule has 0 spiro atoms. The summed E-state index contributed by atoms with van der Waals surface area (Å²) in [7, 11) is 1.65. The molecule has 21 heavy (non-hydrogen) atoms. The van der Waals surface area contributed by atoms with Crippen LogP contribution in [-0.2, 0) is 4.79 Å². The molecule has 1 aromatic carbocycles. The molecule has 1 saturated heterocycles. The van der Waals surface area contributed by atoms with Crippen molar-refractivity contribution >= 4 is 17.7 Å². The second-order valence-electron chi connectivity index (χ2n) is 5.41. The highest BCUT2D eigenvalue weighted by atomic mass is 32.2. The van der Waals surface area contributed by atoms with Crippen LogP contribution in [0, 0.1) is 0 Å². The number of thioether (sulfide) groups is 1. The van der Waals surface area contributed by atoms with E-state index in [1.165, 1.54) is 19.6 Å². The van der Waals surface area contributed by atoms with Crippen LogP contribution in [0.5, 0.6) is 5.75 Å². The summed E-state index contributed by atoms with van der Waals surface area (Å²) in [5, 5.41) is 3.16. The molecule has 1 aromatic rings. The van der Waals surface area contributed by atoms with Crippen molar-refractivity contribution in [1.29, 1.82) is 0 Å². The summed E-state index contributed by atoms with van der Waals surface area (Å²) in [5.74, 6) is 1.46. The minimum Gasteiger partial charge on any atom is -0.497 e. The fourth-order valence-corrected chi connectivity index (χ4v) is 3.32. The minimum atomic E-state index is 0.140. The van der Waals surface area contributed by atoms with Gasteiger partial charge in [0.15, 0.2) is 0 Å². The molecule has 1 aliphatic rings. The SMILES string of the molecule is CC[NH+]1CCC(NC(=O)CSc2ccc(OC)cc2)CC1. The number of hydrogen-bond acceptors (Lipinski definition) is 3. The van der Waals surface area contributed by atoms with Crippen LogP contribution in [0.15, 0.2) is 29.2 Å². The van der Waals surface area contributed by atoms with Gasteiger partial charge in [0.05, 0.1) is 32.5 Å². The Kier molecular flexibility index (Phi) is 6.39. The summed E-state index contributed by atoms with van der Waals surface area (Å²) in [6.07, 6.45) is 2.20. The van der Waals surface area contributed by atoms with Gasteiger partial charge in [-0.05, 0) is 31.2 Å². The minimum absolute atomic E-state index is 0.140. The Hall–Kier alpha value is -1.20. The van der Waals surface area contributed by atoms with Crippen molar-refractivity contribution in [1.82, 2.24) is 5.32 Å². The molecule has 0 saturated carbocycles. The van der Waals surface area contributed by atoms with E-state index in [0.29, 0.717) is 11.8 Å². The van der Waals surface area contributed by atoms with Crippen LogP contribution in [0.2, 0.25) is 0 Å². The Morgan fingerprint density at radius 1 is 1.33 bits per heavy atom. The van der Waals surface area contributed by atoms with Crippen LogP contribution >= 0.6 is 11.8 Å². The van der Waals surface area contributed by atoms with Gasteiger partial charge in [-0.3, -0.25) is 4.79 Å². The molecule has 0 atom stereocenters. The summed E-state index contributed by atoms with van der Waals surface area (Å²) in [4.78, 5) is 14.7. The van der Waals surface area contributed by atoms with E-state index in [0.717, 1.165) is 23.5 Å². The number of rotatable bonds is 6. The molecule has 5 heteroatoms. The fourth-order valence-electron chi connectivity index (χ4n) is 2.61. The second kappa shape index (κ2) is 8.29. The lowest BCUT2D eigenvalue weighted by Gasteiger charge is -2.28. The van der Waals surface area contributed by atoms with Crippen LogP contribution in [0.1, 0.15) is 19.8 Å². The maximum Gasteiger partial charge on any atom is 0.230 e. The molecule has 0 unspecified atom stereocenters. The van der Waals surface area contributed by atoms with E-state index in [9.17, 15) is 4.79 Å². The number of piperidine rings is 1. The van der Waals surface area contributed by atoms with Crippen LogP contribution < -0.4 is 15.0 Å². The number of likely N-dealkylation sites (tertiary alicyclic amines) is 1. The summed E-state index contributed by atoms with van der Waals surface area (Å²) < 4.78 is 5.12. The van der Waals surface area contributed by atoms with Crippen molar-refractivity contribution in [2.24, 2.45) is 0 Å². The first-order chi connectivity index (χ1) is 10.2. The second-order valence-corrected chi connectivity index (χ2v) is 6.46. The molecular formula is C16H25N2O2S+. The van der Waals surface area contributed by atoms with Gasteiger partial charge in [0.25, 0.3) is 0 Å². The molecule has 1 fully saturated rings. The average Bonchev–Trinajstić information content (AvgIpc) is 2.54. The molecule has 0 radical (unpaired) electrons. The third-order valence-electron chi connectivity index (χ3n) is 3.99. The number of quaternary nitrogens is 1. The van der Waals surface area contributed by atoms with E-state index in [1.54, 1.807) is 23.8 Å². The largest absolute Gasteiger partial charge is 0.497 e. The Labute approximate surface area is 131 Å². The van der Waals surface area contributed by atoms with Crippen molar-refractivity contribution in [3.05, 3.63) is 24.3 Å². The highest BCUT2D eigenvalue weighted by Crippen LogP contribution is 2.21. The molecule has 2 rings (SSSR count). The van der Waals surface area contributed by atoms with Crippen LogP contribution in [-0.4, -0.2) is 44.4 Å². The van der Waals surface area contributed by atoms with Gasteiger partial charge in [-0.15, -0.1) is 11.8 Å². The fraction of sp³-hybridized carbons (Fsp3) is 0.562. The molecular weight excluding hydrogens is 284 g/mol. The van der Waals surface area contributed by atoms with Crippen molar-refractivity contribution in [3.8, 4) is 5.75 Å². The number of hydrogen-bond donors (Lipinski definition) is 2. The van der Waals surface area contributed by atoms with E-state index in [-0.39, 0.29) is 5.91 Å². The average molecular weight is 309 g/mol. The summed E-state index contributed by atoms with van der Waals surface area (Å²) in [6, 6.07) is 8.18. The predicted molar refractivity (Wildman–Crippen MR) is 86.1 cm³/mol. The predicted octanol–water partition coefficient (Wildman–Crippen LogP) is 0.971. The van der Waals surface area contributed by atoms with Gasteiger partial charge in [0.2, 0.25) is 5.91 Å². The van der Waals surface area contributed by atoms with Crippen LogP contribution in [0.3, 0.4) is 0 Å². The Bertz CT molecular complexity index is 442. The maximum atomic E-state index is 12.0. The zero-order valence-corrected chi connectivity index (χ0v) is 13.7. The van der Waals surface area contributed by atoms with E-state index in [4.69, 9.17) is 4.74 Å².